The lowest BCUT2D eigenvalue weighted by molar-refractivity contribution is -0.0889. The molecule has 2 fully saturated rings. The fourth-order valence-corrected chi connectivity index (χ4v) is 2.61. The molecule has 1 aromatic heterocycles. The molecule has 0 spiro atoms. The molecule has 5 heteroatoms. The van der Waals surface area contributed by atoms with Crippen molar-refractivity contribution in [2.45, 2.75) is 26.1 Å². The zero-order chi connectivity index (χ0) is 12.4. The predicted octanol–water partition coefficient (Wildman–Crippen LogP) is 1.37. The second kappa shape index (κ2) is 5.20. The summed E-state index contributed by atoms with van der Waals surface area (Å²) in [5.74, 6) is 1.51. The van der Waals surface area contributed by atoms with E-state index in [-0.39, 0.29) is 6.29 Å². The van der Waals surface area contributed by atoms with Crippen molar-refractivity contribution in [1.29, 1.82) is 0 Å². The lowest BCUT2D eigenvalue weighted by atomic mass is 9.96. The van der Waals surface area contributed by atoms with Gasteiger partial charge in [-0.25, -0.2) is 0 Å². The van der Waals surface area contributed by atoms with Crippen LogP contribution in [0.1, 0.15) is 18.5 Å². The molecule has 2 saturated heterocycles. The zero-order valence-corrected chi connectivity index (χ0v) is 10.7. The SMILES string of the molecule is Cc1ccc(N2CCC(C3OCCO3)CC2)nn1. The molecule has 2 aliphatic rings. The Morgan fingerprint density at radius 2 is 1.83 bits per heavy atom. The van der Waals surface area contributed by atoms with Crippen molar-refractivity contribution in [2.24, 2.45) is 5.92 Å². The summed E-state index contributed by atoms with van der Waals surface area (Å²) in [5.41, 5.74) is 0.960. The number of piperidine rings is 1. The van der Waals surface area contributed by atoms with E-state index in [1.807, 2.05) is 19.1 Å². The molecule has 0 unspecified atom stereocenters. The van der Waals surface area contributed by atoms with Crippen LogP contribution in [0.3, 0.4) is 0 Å². The van der Waals surface area contributed by atoms with Crippen molar-refractivity contribution in [3.63, 3.8) is 0 Å². The summed E-state index contributed by atoms with van der Waals surface area (Å²) in [5, 5.41) is 8.35. The molecule has 3 heterocycles. The van der Waals surface area contributed by atoms with Crippen molar-refractivity contribution >= 4 is 5.82 Å². The largest absolute Gasteiger partial charge is 0.355 e. The Bertz CT molecular complexity index is 382. The number of hydrogen-bond acceptors (Lipinski definition) is 5. The number of hydrogen-bond donors (Lipinski definition) is 0. The highest BCUT2D eigenvalue weighted by Gasteiger charge is 2.30. The van der Waals surface area contributed by atoms with Crippen LogP contribution in [-0.4, -0.2) is 42.8 Å². The van der Waals surface area contributed by atoms with Gasteiger partial charge in [0, 0.05) is 19.0 Å². The van der Waals surface area contributed by atoms with Gasteiger partial charge in [0.25, 0.3) is 0 Å². The van der Waals surface area contributed by atoms with Crippen LogP contribution in [0.5, 0.6) is 0 Å². The van der Waals surface area contributed by atoms with E-state index in [0.717, 1.165) is 50.7 Å². The Hall–Kier alpha value is -1.20. The summed E-state index contributed by atoms with van der Waals surface area (Å²) in [6, 6.07) is 4.06. The quantitative estimate of drug-likeness (QED) is 0.792. The van der Waals surface area contributed by atoms with Crippen molar-refractivity contribution in [3.8, 4) is 0 Å². The molecule has 0 aromatic carbocycles. The molecule has 0 atom stereocenters. The molecule has 0 radical (unpaired) electrons. The summed E-state index contributed by atoms with van der Waals surface area (Å²) < 4.78 is 11.2. The average molecular weight is 249 g/mol. The van der Waals surface area contributed by atoms with Gasteiger partial charge in [-0.1, -0.05) is 0 Å². The molecule has 0 saturated carbocycles. The maximum atomic E-state index is 5.58. The third-order valence-corrected chi connectivity index (χ3v) is 3.68. The maximum absolute atomic E-state index is 5.58. The third-order valence-electron chi connectivity index (χ3n) is 3.68. The minimum atomic E-state index is 0.0243. The molecule has 0 bridgehead atoms. The van der Waals surface area contributed by atoms with Gasteiger partial charge in [-0.3, -0.25) is 0 Å². The van der Waals surface area contributed by atoms with Crippen molar-refractivity contribution in [1.82, 2.24) is 10.2 Å². The van der Waals surface area contributed by atoms with E-state index in [9.17, 15) is 0 Å². The van der Waals surface area contributed by atoms with Gasteiger partial charge < -0.3 is 14.4 Å². The normalized spacial score (nSPS) is 22.6. The van der Waals surface area contributed by atoms with Crippen LogP contribution in [0.4, 0.5) is 5.82 Å². The van der Waals surface area contributed by atoms with Gasteiger partial charge >= 0.3 is 0 Å². The summed E-state index contributed by atoms with van der Waals surface area (Å²) >= 11 is 0. The number of aryl methyl sites for hydroxylation is 1. The van der Waals surface area contributed by atoms with Crippen LogP contribution in [0.2, 0.25) is 0 Å². The molecule has 0 aliphatic carbocycles. The van der Waals surface area contributed by atoms with E-state index in [1.54, 1.807) is 0 Å². The van der Waals surface area contributed by atoms with Crippen LogP contribution in [0.15, 0.2) is 12.1 Å². The standard InChI is InChI=1S/C13H19N3O2/c1-10-2-3-12(15-14-10)16-6-4-11(5-7-16)13-17-8-9-18-13/h2-3,11,13H,4-9H2,1H3. The van der Waals surface area contributed by atoms with Crippen molar-refractivity contribution < 1.29 is 9.47 Å². The van der Waals surface area contributed by atoms with Crippen LogP contribution < -0.4 is 4.90 Å². The van der Waals surface area contributed by atoms with Gasteiger partial charge in [0.2, 0.25) is 0 Å². The van der Waals surface area contributed by atoms with Gasteiger partial charge in [-0.2, -0.15) is 5.10 Å². The van der Waals surface area contributed by atoms with E-state index < -0.39 is 0 Å². The molecule has 3 rings (SSSR count). The van der Waals surface area contributed by atoms with Crippen molar-refractivity contribution in [3.05, 3.63) is 17.8 Å². The van der Waals surface area contributed by atoms with E-state index in [1.165, 1.54) is 0 Å². The molecular weight excluding hydrogens is 230 g/mol. The zero-order valence-electron chi connectivity index (χ0n) is 10.7. The van der Waals surface area contributed by atoms with Gasteiger partial charge in [-0.05, 0) is 31.9 Å². The summed E-state index contributed by atoms with van der Waals surface area (Å²) in [6.07, 6.45) is 2.22. The van der Waals surface area contributed by atoms with E-state index in [4.69, 9.17) is 9.47 Å². The summed E-state index contributed by atoms with van der Waals surface area (Å²) in [4.78, 5) is 2.29. The molecule has 2 aliphatic heterocycles. The molecule has 0 N–H and O–H groups in total. The fraction of sp³-hybridized carbons (Fsp3) is 0.692. The number of aromatic nitrogens is 2. The monoisotopic (exact) mass is 249 g/mol. The lowest BCUT2D eigenvalue weighted by Gasteiger charge is -2.34. The van der Waals surface area contributed by atoms with Gasteiger partial charge in [0.15, 0.2) is 12.1 Å². The highest BCUT2D eigenvalue weighted by atomic mass is 16.7. The Morgan fingerprint density at radius 1 is 1.11 bits per heavy atom. The van der Waals surface area contributed by atoms with Gasteiger partial charge in [-0.15, -0.1) is 5.10 Å². The van der Waals surface area contributed by atoms with Crippen LogP contribution >= 0.6 is 0 Å². The Balaban J connectivity index is 1.57. The summed E-state index contributed by atoms with van der Waals surface area (Å²) in [7, 11) is 0. The topological polar surface area (TPSA) is 47.5 Å². The van der Waals surface area contributed by atoms with E-state index in [2.05, 4.69) is 15.1 Å². The Morgan fingerprint density at radius 3 is 2.44 bits per heavy atom. The summed E-state index contributed by atoms with van der Waals surface area (Å²) in [6.45, 7) is 5.46. The maximum Gasteiger partial charge on any atom is 0.160 e. The minimum absolute atomic E-state index is 0.0243. The highest BCUT2D eigenvalue weighted by molar-refractivity contribution is 5.37. The number of ether oxygens (including phenoxy) is 2. The highest BCUT2D eigenvalue weighted by Crippen LogP contribution is 2.27. The van der Waals surface area contributed by atoms with Gasteiger partial charge in [0.05, 0.1) is 18.9 Å². The van der Waals surface area contributed by atoms with Gasteiger partial charge in [0.1, 0.15) is 0 Å². The molecule has 0 amide bonds. The van der Waals surface area contributed by atoms with Crippen LogP contribution in [-0.2, 0) is 9.47 Å². The van der Waals surface area contributed by atoms with Crippen LogP contribution in [0.25, 0.3) is 0 Å². The first-order chi connectivity index (χ1) is 8.83. The van der Waals surface area contributed by atoms with Crippen LogP contribution in [0, 0.1) is 12.8 Å². The predicted molar refractivity (Wildman–Crippen MR) is 67.4 cm³/mol. The van der Waals surface area contributed by atoms with Crippen molar-refractivity contribution in [2.75, 3.05) is 31.2 Å². The Kier molecular flexibility index (Phi) is 3.43. The first-order valence-corrected chi connectivity index (χ1v) is 6.61. The van der Waals surface area contributed by atoms with E-state index >= 15 is 0 Å². The first kappa shape index (κ1) is 11.9. The van der Waals surface area contributed by atoms with E-state index in [0.29, 0.717) is 5.92 Å². The average Bonchev–Trinajstić information content (AvgIpc) is 2.94. The number of rotatable bonds is 2. The first-order valence-electron chi connectivity index (χ1n) is 6.61. The number of nitrogens with zero attached hydrogens (tertiary/aromatic N) is 3. The fourth-order valence-electron chi connectivity index (χ4n) is 2.61. The molecule has 5 nitrogen and oxygen atoms in total. The minimum Gasteiger partial charge on any atom is -0.355 e. The smallest absolute Gasteiger partial charge is 0.160 e. The molecule has 1 aromatic rings. The number of anilines is 1. The second-order valence-electron chi connectivity index (χ2n) is 4.97. The molecule has 98 valence electrons. The third kappa shape index (κ3) is 2.47. The second-order valence-corrected chi connectivity index (χ2v) is 4.97. The Labute approximate surface area is 107 Å². The lowest BCUT2D eigenvalue weighted by Crippen LogP contribution is -2.38. The molecule has 18 heavy (non-hydrogen) atoms. The molecular formula is C13H19N3O2.